The van der Waals surface area contributed by atoms with E-state index in [-0.39, 0.29) is 12.0 Å². The van der Waals surface area contributed by atoms with Gasteiger partial charge >= 0.3 is 0 Å². The predicted octanol–water partition coefficient (Wildman–Crippen LogP) is 1.25. The van der Waals surface area contributed by atoms with E-state index in [9.17, 15) is 4.79 Å². The molecule has 1 aromatic heterocycles. The molecule has 3 N–H and O–H groups in total. The summed E-state index contributed by atoms with van der Waals surface area (Å²) in [5.74, 6) is -0.126. The number of carbonyl (C=O) groups excluding carboxylic acids is 1. The van der Waals surface area contributed by atoms with Gasteiger partial charge in [-0.3, -0.25) is 4.79 Å². The Morgan fingerprint density at radius 1 is 1.53 bits per heavy atom. The van der Waals surface area contributed by atoms with E-state index in [2.05, 4.69) is 17.6 Å². The van der Waals surface area contributed by atoms with E-state index in [1.807, 2.05) is 4.57 Å². The molecule has 0 spiro atoms. The first-order chi connectivity index (χ1) is 9.04. The van der Waals surface area contributed by atoms with Crippen molar-refractivity contribution in [1.82, 2.24) is 15.2 Å². The molecule has 1 heterocycles. The van der Waals surface area contributed by atoms with Gasteiger partial charge in [-0.25, -0.2) is 0 Å². The van der Waals surface area contributed by atoms with Crippen molar-refractivity contribution in [3.8, 4) is 0 Å². The molecule has 1 atom stereocenters. The molecule has 0 fully saturated rings. The third-order valence-corrected chi connectivity index (χ3v) is 2.79. The summed E-state index contributed by atoms with van der Waals surface area (Å²) in [6, 6.07) is 1.68. The second kappa shape index (κ2) is 8.19. The van der Waals surface area contributed by atoms with Crippen molar-refractivity contribution in [2.75, 3.05) is 19.6 Å². The topological polar surface area (TPSA) is 66.3 Å². The van der Waals surface area contributed by atoms with Crippen LogP contribution in [0.25, 0.3) is 0 Å². The summed E-state index contributed by atoms with van der Waals surface area (Å²) in [5, 5.41) is 15.5. The van der Waals surface area contributed by atoms with Crippen LogP contribution in [0.4, 0.5) is 0 Å². The van der Waals surface area contributed by atoms with Crippen molar-refractivity contribution < 1.29 is 9.90 Å². The number of aryl methyl sites for hydroxylation is 1. The Hall–Kier alpha value is -1.04. The number of nitrogens with one attached hydrogen (secondary N) is 2. The average molecular weight is 288 g/mol. The normalized spacial score (nSPS) is 12.4. The predicted molar refractivity (Wildman–Crippen MR) is 76.6 cm³/mol. The number of rotatable bonds is 8. The van der Waals surface area contributed by atoms with Crippen molar-refractivity contribution in [2.24, 2.45) is 0 Å². The molecular weight excluding hydrogens is 266 g/mol. The van der Waals surface area contributed by atoms with Gasteiger partial charge in [0, 0.05) is 32.4 Å². The molecule has 0 aromatic carbocycles. The maximum absolute atomic E-state index is 12.0. The van der Waals surface area contributed by atoms with E-state index in [1.54, 1.807) is 19.2 Å². The van der Waals surface area contributed by atoms with Gasteiger partial charge in [-0.1, -0.05) is 18.5 Å². The zero-order valence-electron chi connectivity index (χ0n) is 11.4. The summed E-state index contributed by atoms with van der Waals surface area (Å²) < 4.78 is 1.86. The first-order valence-electron chi connectivity index (χ1n) is 6.57. The van der Waals surface area contributed by atoms with Crippen molar-refractivity contribution in [2.45, 2.75) is 32.9 Å². The average Bonchev–Trinajstić information content (AvgIpc) is 2.70. The van der Waals surface area contributed by atoms with Gasteiger partial charge < -0.3 is 20.3 Å². The molecule has 0 aliphatic carbocycles. The number of aromatic nitrogens is 1. The molecule has 0 saturated carbocycles. The summed E-state index contributed by atoms with van der Waals surface area (Å²) in [6.45, 7) is 6.20. The largest absolute Gasteiger partial charge is 0.392 e. The van der Waals surface area contributed by atoms with Crippen molar-refractivity contribution in [3.63, 3.8) is 0 Å². The van der Waals surface area contributed by atoms with E-state index in [4.69, 9.17) is 16.7 Å². The first-order valence-corrected chi connectivity index (χ1v) is 6.95. The lowest BCUT2D eigenvalue weighted by Gasteiger charge is -2.10. The Bertz CT molecular complexity index is 405. The fourth-order valence-electron chi connectivity index (χ4n) is 1.76. The molecule has 0 saturated heterocycles. The number of nitrogens with zero attached hydrogens (tertiary/aromatic N) is 1. The van der Waals surface area contributed by atoms with E-state index < -0.39 is 0 Å². The van der Waals surface area contributed by atoms with Crippen molar-refractivity contribution in [3.05, 3.63) is 23.0 Å². The second-order valence-electron chi connectivity index (χ2n) is 4.55. The minimum atomic E-state index is -0.378. The molecule has 19 heavy (non-hydrogen) atoms. The fourth-order valence-corrected chi connectivity index (χ4v) is 1.98. The SMILES string of the molecule is CCCn1cc(Cl)cc1C(=O)NCCNCC(C)O. The molecule has 1 aromatic rings. The monoisotopic (exact) mass is 287 g/mol. The molecule has 0 aliphatic heterocycles. The standard InChI is InChI=1S/C13H22ClN3O2/c1-3-6-17-9-11(14)7-12(17)13(19)16-5-4-15-8-10(2)18/h7,9-10,15,18H,3-6,8H2,1-2H3,(H,16,19). The molecule has 0 radical (unpaired) electrons. The fraction of sp³-hybridized carbons (Fsp3) is 0.615. The van der Waals surface area contributed by atoms with Crippen LogP contribution in [0.5, 0.6) is 0 Å². The third-order valence-electron chi connectivity index (χ3n) is 2.59. The Morgan fingerprint density at radius 3 is 2.89 bits per heavy atom. The first kappa shape index (κ1) is 16.0. The van der Waals surface area contributed by atoms with Gasteiger partial charge in [-0.2, -0.15) is 0 Å². The Labute approximate surface area is 118 Å². The second-order valence-corrected chi connectivity index (χ2v) is 4.98. The van der Waals surface area contributed by atoms with Gasteiger partial charge in [0.2, 0.25) is 0 Å². The Morgan fingerprint density at radius 2 is 2.26 bits per heavy atom. The lowest BCUT2D eigenvalue weighted by atomic mass is 10.3. The van der Waals surface area contributed by atoms with Gasteiger partial charge in [0.15, 0.2) is 0 Å². The number of hydrogen-bond donors (Lipinski definition) is 3. The molecule has 1 unspecified atom stereocenters. The summed E-state index contributed by atoms with van der Waals surface area (Å²) in [6.07, 6.45) is 2.34. The van der Waals surface area contributed by atoms with Crippen LogP contribution in [0, 0.1) is 0 Å². The number of aliphatic hydroxyl groups excluding tert-OH is 1. The van der Waals surface area contributed by atoms with Gasteiger partial charge in [-0.05, 0) is 19.4 Å². The number of aliphatic hydroxyl groups is 1. The molecular formula is C13H22ClN3O2. The minimum absolute atomic E-state index is 0.126. The van der Waals surface area contributed by atoms with E-state index in [0.29, 0.717) is 30.4 Å². The van der Waals surface area contributed by atoms with Crippen molar-refractivity contribution in [1.29, 1.82) is 0 Å². The number of hydrogen-bond acceptors (Lipinski definition) is 3. The minimum Gasteiger partial charge on any atom is -0.392 e. The number of amides is 1. The van der Waals surface area contributed by atoms with Crippen LogP contribution in [0.3, 0.4) is 0 Å². The third kappa shape index (κ3) is 5.63. The van der Waals surface area contributed by atoms with Gasteiger partial charge in [-0.15, -0.1) is 0 Å². The summed E-state index contributed by atoms with van der Waals surface area (Å²) in [4.78, 5) is 12.0. The maximum atomic E-state index is 12.0. The van der Waals surface area contributed by atoms with E-state index in [1.165, 1.54) is 0 Å². The van der Waals surface area contributed by atoms with Crippen LogP contribution in [-0.2, 0) is 6.54 Å². The highest BCUT2D eigenvalue weighted by atomic mass is 35.5. The van der Waals surface area contributed by atoms with Crippen LogP contribution in [0.15, 0.2) is 12.3 Å². The smallest absolute Gasteiger partial charge is 0.268 e. The maximum Gasteiger partial charge on any atom is 0.268 e. The molecule has 1 amide bonds. The molecule has 1 rings (SSSR count). The van der Waals surface area contributed by atoms with Crippen molar-refractivity contribution >= 4 is 17.5 Å². The quantitative estimate of drug-likeness (QED) is 0.631. The summed E-state index contributed by atoms with van der Waals surface area (Å²) in [7, 11) is 0. The van der Waals surface area contributed by atoms with Crippen LogP contribution in [0.1, 0.15) is 30.8 Å². The van der Waals surface area contributed by atoms with Gasteiger partial charge in [0.05, 0.1) is 11.1 Å². The molecule has 0 aliphatic rings. The highest BCUT2D eigenvalue weighted by Gasteiger charge is 2.12. The van der Waals surface area contributed by atoms with Crippen LogP contribution >= 0.6 is 11.6 Å². The molecule has 5 nitrogen and oxygen atoms in total. The molecule has 0 bridgehead atoms. The summed E-state index contributed by atoms with van der Waals surface area (Å²) >= 11 is 5.92. The van der Waals surface area contributed by atoms with Gasteiger partial charge in [0.25, 0.3) is 5.91 Å². The highest BCUT2D eigenvalue weighted by Crippen LogP contribution is 2.14. The molecule has 108 valence electrons. The Kier molecular flexibility index (Phi) is 6.91. The lowest BCUT2D eigenvalue weighted by Crippen LogP contribution is -2.35. The van der Waals surface area contributed by atoms with Gasteiger partial charge in [0.1, 0.15) is 5.69 Å². The van der Waals surface area contributed by atoms with E-state index in [0.717, 1.165) is 13.0 Å². The lowest BCUT2D eigenvalue weighted by molar-refractivity contribution is 0.0944. The zero-order valence-corrected chi connectivity index (χ0v) is 12.2. The summed E-state index contributed by atoms with van der Waals surface area (Å²) in [5.41, 5.74) is 0.586. The zero-order chi connectivity index (χ0) is 14.3. The number of halogens is 1. The number of carbonyl (C=O) groups is 1. The Balaban J connectivity index is 2.40. The van der Waals surface area contributed by atoms with Crippen LogP contribution < -0.4 is 10.6 Å². The van der Waals surface area contributed by atoms with E-state index >= 15 is 0 Å². The van der Waals surface area contributed by atoms with Crippen LogP contribution in [-0.4, -0.2) is 41.3 Å². The van der Waals surface area contributed by atoms with Crippen LogP contribution in [0.2, 0.25) is 5.02 Å². The molecule has 6 heteroatoms. The highest BCUT2D eigenvalue weighted by molar-refractivity contribution is 6.31.